The summed E-state index contributed by atoms with van der Waals surface area (Å²) < 4.78 is 0. The Labute approximate surface area is 137 Å². The fraction of sp³-hybridized carbons (Fsp3) is 0.250. The summed E-state index contributed by atoms with van der Waals surface area (Å²) >= 11 is 0. The van der Waals surface area contributed by atoms with E-state index in [2.05, 4.69) is 43.0 Å². The number of nitrogens with one attached hydrogen (secondary N) is 2. The van der Waals surface area contributed by atoms with Crippen molar-refractivity contribution in [3.05, 3.63) is 47.5 Å². The second-order valence-electron chi connectivity index (χ2n) is 6.13. The molecule has 8 heteroatoms. The first-order valence-corrected chi connectivity index (χ1v) is 7.95. The Balaban J connectivity index is 1.56. The van der Waals surface area contributed by atoms with E-state index in [0.717, 1.165) is 46.0 Å². The maximum atomic E-state index is 6.52. The number of nitrogens with zero attached hydrogens (tertiary/aromatic N) is 5. The maximum Gasteiger partial charge on any atom is 0.117 e. The van der Waals surface area contributed by atoms with Gasteiger partial charge in [0.25, 0.3) is 0 Å². The zero-order valence-corrected chi connectivity index (χ0v) is 12.8. The van der Waals surface area contributed by atoms with E-state index in [9.17, 15) is 0 Å². The van der Waals surface area contributed by atoms with Crippen LogP contribution in [-0.2, 0) is 0 Å². The molecule has 1 aliphatic heterocycles. The minimum absolute atomic E-state index is 0.103. The van der Waals surface area contributed by atoms with Crippen molar-refractivity contribution in [2.24, 2.45) is 5.84 Å². The predicted molar refractivity (Wildman–Crippen MR) is 88.5 cm³/mol. The highest BCUT2D eigenvalue weighted by Gasteiger charge is 2.35. The number of nitrogens with two attached hydrogens (primary N) is 1. The average molecular weight is 320 g/mol. The average Bonchev–Trinajstić information content (AvgIpc) is 3.33. The minimum Gasteiger partial charge on any atom is -0.268 e. The summed E-state index contributed by atoms with van der Waals surface area (Å²) in [6.45, 7) is 0. The molecule has 2 unspecified atom stereocenters. The van der Waals surface area contributed by atoms with Gasteiger partial charge in [0.2, 0.25) is 0 Å². The second kappa shape index (κ2) is 5.08. The van der Waals surface area contributed by atoms with Crippen LogP contribution in [0.4, 0.5) is 0 Å². The van der Waals surface area contributed by atoms with Gasteiger partial charge in [0.15, 0.2) is 0 Å². The summed E-state index contributed by atoms with van der Waals surface area (Å²) in [5.41, 5.74) is 5.72. The molecule has 24 heavy (non-hydrogen) atoms. The lowest BCUT2D eigenvalue weighted by Gasteiger charge is -2.25. The fourth-order valence-corrected chi connectivity index (χ4v) is 3.78. The van der Waals surface area contributed by atoms with Crippen molar-refractivity contribution >= 4 is 22.1 Å². The van der Waals surface area contributed by atoms with Crippen LogP contribution in [0.25, 0.3) is 22.1 Å². The first-order valence-electron chi connectivity index (χ1n) is 7.95. The van der Waals surface area contributed by atoms with Crippen molar-refractivity contribution in [3.8, 4) is 0 Å². The fourth-order valence-electron chi connectivity index (χ4n) is 3.78. The van der Waals surface area contributed by atoms with Gasteiger partial charge < -0.3 is 0 Å². The zero-order valence-electron chi connectivity index (χ0n) is 12.8. The van der Waals surface area contributed by atoms with E-state index < -0.39 is 0 Å². The Kier molecular flexibility index (Phi) is 2.88. The molecular weight excluding hydrogens is 304 g/mol. The normalized spacial score (nSPS) is 21.9. The highest BCUT2D eigenvalue weighted by atomic mass is 15.5. The third-order valence-electron chi connectivity index (χ3n) is 4.91. The van der Waals surface area contributed by atoms with Crippen LogP contribution in [0, 0.1) is 0 Å². The van der Waals surface area contributed by atoms with Crippen LogP contribution in [0.15, 0.2) is 36.4 Å². The molecule has 3 heterocycles. The van der Waals surface area contributed by atoms with Crippen LogP contribution in [0.5, 0.6) is 0 Å². The highest BCUT2D eigenvalue weighted by Crippen LogP contribution is 2.43. The molecule has 5 rings (SSSR count). The van der Waals surface area contributed by atoms with Gasteiger partial charge >= 0.3 is 0 Å². The van der Waals surface area contributed by atoms with Crippen molar-refractivity contribution < 1.29 is 0 Å². The minimum atomic E-state index is 0.103. The summed E-state index contributed by atoms with van der Waals surface area (Å²) in [4.78, 5) is 0. The molecule has 8 nitrogen and oxygen atoms in total. The van der Waals surface area contributed by atoms with Crippen molar-refractivity contribution in [1.29, 1.82) is 0 Å². The maximum absolute atomic E-state index is 6.52. The van der Waals surface area contributed by atoms with E-state index in [1.165, 1.54) is 0 Å². The molecule has 1 saturated heterocycles. The van der Waals surface area contributed by atoms with Crippen molar-refractivity contribution in [1.82, 2.24) is 35.8 Å². The topological polar surface area (TPSA) is 112 Å². The molecule has 1 fully saturated rings. The van der Waals surface area contributed by atoms with Gasteiger partial charge in [-0.05, 0) is 25.0 Å². The number of benzene rings is 2. The van der Waals surface area contributed by atoms with Crippen LogP contribution in [0.2, 0.25) is 0 Å². The lowest BCUT2D eigenvalue weighted by Crippen LogP contribution is -2.33. The van der Waals surface area contributed by atoms with Crippen LogP contribution in [0.1, 0.15) is 36.1 Å². The van der Waals surface area contributed by atoms with Gasteiger partial charge in [-0.25, -0.2) is 5.01 Å². The molecule has 0 saturated carbocycles. The van der Waals surface area contributed by atoms with Crippen molar-refractivity contribution in [2.75, 3.05) is 0 Å². The molecule has 4 aromatic rings. The lowest BCUT2D eigenvalue weighted by molar-refractivity contribution is 0.201. The predicted octanol–water partition coefficient (Wildman–Crippen LogP) is 1.98. The Hall–Kier alpha value is -2.84. The van der Waals surface area contributed by atoms with Gasteiger partial charge in [-0.3, -0.25) is 5.84 Å². The smallest absolute Gasteiger partial charge is 0.117 e. The number of hydrazine groups is 1. The number of fused-ring (bicyclic) bond motifs is 2. The standard InChI is InChI=1S/C16H16N8/c17-24-13(9-3-1-5-11-15(9)20-22-18-11)7-8-14(24)10-4-2-6-12-16(10)21-23-19-12/h1-6,13-14H,7-8,17H2,(H,18,20,22)(H,19,21,23). The number of hydrogen-bond donors (Lipinski definition) is 3. The molecule has 4 N–H and O–H groups in total. The number of para-hydroxylation sites is 2. The Bertz CT molecular complexity index is 937. The van der Waals surface area contributed by atoms with Crippen LogP contribution < -0.4 is 5.84 Å². The summed E-state index contributed by atoms with van der Waals surface area (Å²) in [5, 5.41) is 24.2. The van der Waals surface area contributed by atoms with Gasteiger partial charge in [0.05, 0.1) is 12.1 Å². The first kappa shape index (κ1) is 13.6. The third kappa shape index (κ3) is 1.87. The van der Waals surface area contributed by atoms with E-state index in [-0.39, 0.29) is 12.1 Å². The molecule has 120 valence electrons. The Morgan fingerprint density at radius 2 is 1.29 bits per heavy atom. The molecular formula is C16H16N8. The Morgan fingerprint density at radius 1 is 0.792 bits per heavy atom. The number of aromatic nitrogens is 6. The number of rotatable bonds is 2. The van der Waals surface area contributed by atoms with Gasteiger partial charge in [-0.15, -0.1) is 0 Å². The van der Waals surface area contributed by atoms with Crippen LogP contribution in [-0.4, -0.2) is 35.8 Å². The number of aromatic amines is 2. The summed E-state index contributed by atoms with van der Waals surface area (Å²) in [6, 6.07) is 12.3. The molecule has 0 radical (unpaired) electrons. The summed E-state index contributed by atoms with van der Waals surface area (Å²) in [6.07, 6.45) is 1.92. The largest absolute Gasteiger partial charge is 0.268 e. The molecule has 0 spiro atoms. The van der Waals surface area contributed by atoms with E-state index in [1.54, 1.807) is 0 Å². The lowest BCUT2D eigenvalue weighted by atomic mass is 10.0. The third-order valence-corrected chi connectivity index (χ3v) is 4.91. The van der Waals surface area contributed by atoms with Gasteiger partial charge in [-0.2, -0.15) is 30.8 Å². The quantitative estimate of drug-likeness (QED) is 0.487. The van der Waals surface area contributed by atoms with Gasteiger partial charge in [-0.1, -0.05) is 24.3 Å². The zero-order chi connectivity index (χ0) is 16.1. The molecule has 0 amide bonds. The SMILES string of the molecule is NN1C(c2cccc3n[nH]nc23)CCC1c1cccc2n[nH]nc12. The van der Waals surface area contributed by atoms with E-state index in [1.807, 2.05) is 29.3 Å². The van der Waals surface area contributed by atoms with Crippen molar-refractivity contribution in [2.45, 2.75) is 24.9 Å². The van der Waals surface area contributed by atoms with Crippen LogP contribution >= 0.6 is 0 Å². The Morgan fingerprint density at radius 3 is 1.79 bits per heavy atom. The van der Waals surface area contributed by atoms with E-state index in [4.69, 9.17) is 5.84 Å². The molecule has 2 aromatic heterocycles. The van der Waals surface area contributed by atoms with Crippen molar-refractivity contribution in [3.63, 3.8) is 0 Å². The second-order valence-corrected chi connectivity index (χ2v) is 6.13. The first-order chi connectivity index (χ1) is 11.8. The van der Waals surface area contributed by atoms with Gasteiger partial charge in [0.1, 0.15) is 22.1 Å². The molecule has 0 aliphatic carbocycles. The summed E-state index contributed by atoms with van der Waals surface area (Å²) in [7, 11) is 0. The summed E-state index contributed by atoms with van der Waals surface area (Å²) in [5.74, 6) is 6.52. The molecule has 2 aromatic carbocycles. The van der Waals surface area contributed by atoms with Gasteiger partial charge in [0, 0.05) is 11.1 Å². The molecule has 2 atom stereocenters. The highest BCUT2D eigenvalue weighted by molar-refractivity contribution is 5.79. The van der Waals surface area contributed by atoms with E-state index in [0.29, 0.717) is 0 Å². The number of hydrogen-bond acceptors (Lipinski definition) is 6. The molecule has 0 bridgehead atoms. The van der Waals surface area contributed by atoms with Crippen LogP contribution in [0.3, 0.4) is 0 Å². The van der Waals surface area contributed by atoms with E-state index >= 15 is 0 Å². The number of H-pyrrole nitrogens is 2. The molecule has 1 aliphatic rings. The monoisotopic (exact) mass is 320 g/mol.